The minimum absolute atomic E-state index is 0.621. The van der Waals surface area contributed by atoms with Crippen LogP contribution in [-0.4, -0.2) is 416 Å². The Hall–Kier alpha value is -5.94. The number of aliphatic carboxylic acids is 4. The van der Waals surface area contributed by atoms with Crippen molar-refractivity contribution in [3.8, 4) is 0 Å². The van der Waals surface area contributed by atoms with E-state index >= 15 is 0 Å². The number of aliphatic hydroxyl groups excluding tert-OH is 16. The molecule has 8 aliphatic rings. The van der Waals surface area contributed by atoms with Gasteiger partial charge in [-0.25, -0.2) is 19.2 Å². The number of methoxy groups -OCH3 is 1. The van der Waals surface area contributed by atoms with Gasteiger partial charge in [0.25, 0.3) is 0 Å². The fourth-order valence-corrected chi connectivity index (χ4v) is 12.9. The Balaban J connectivity index is 0.947. The van der Waals surface area contributed by atoms with Gasteiger partial charge in [-0.2, -0.15) is 0 Å². The third-order valence-corrected chi connectivity index (χ3v) is 17.9. The number of hydrogen-bond acceptors (Lipinski definition) is 40. The van der Waals surface area contributed by atoms with E-state index in [9.17, 15) is 140 Å². The van der Waals surface area contributed by atoms with Gasteiger partial charge in [-0.3, -0.25) is 19.2 Å². The van der Waals surface area contributed by atoms with Gasteiger partial charge in [0.05, 0.1) is 26.4 Å². The lowest BCUT2D eigenvalue weighted by Crippen LogP contribution is -2.71. The standard InChI is InChI=1S/C57H86N4O44/c1-11(66)58-21-26(72)36(17(7-62)92-50(21)90-5)97-55-33(79)30(76)40(43(103-55)47(84)85)101-52-23(60-13(3)68)28(74)38(19(9-64)94-52)99-57-35(81)32(78)42(45(105-57)49(88)89)102-53-24(61-14(4)69)29(75)39(20(10-65)95-53)98-56-34(80)31(77)41(44(104-56)48(86)87)100-51-22(59-12(2)67)27(73)37(18(8-63)93-51)96-54-25(71)15(70)6-16(91-54)46(82)83/h6,15,17-45,50-57,62-65,70-81H,7-10H2,1-5H3,(H,58,66)(H,59,67)(H,60,68)(H,61,69)(H,82,83)(H,84,85)(H,86,87)(H,88,89)/t15-,17+,18+,19+,20+,21+,22+,23+,24+,25?,26+,27+,28+,29+,30+,31+,32+,33+,34+,35+,36?,37?,38?,39?,40-,41-,42-,43?,44?,45?,50-,51+,52+,53+,54-,55+,56+,57+/m0/s1. The summed E-state index contributed by atoms with van der Waals surface area (Å²) in [4.78, 5) is 100. The van der Waals surface area contributed by atoms with Gasteiger partial charge in [-0.1, -0.05) is 0 Å². The summed E-state index contributed by atoms with van der Waals surface area (Å²) in [6.45, 7) is -0.785. The maximum Gasteiger partial charge on any atom is 0.371 e. The number of hydrogen-bond donors (Lipinski definition) is 24. The molecule has 8 unspecified atom stereocenters. The third-order valence-electron chi connectivity index (χ3n) is 17.9. The maximum absolute atomic E-state index is 13.1. The van der Waals surface area contributed by atoms with Crippen LogP contribution in [0.2, 0.25) is 0 Å². The van der Waals surface area contributed by atoms with Crippen molar-refractivity contribution in [2.75, 3.05) is 33.5 Å². The number of amides is 4. The molecule has 8 rings (SSSR count). The molecule has 24 N–H and O–H groups in total. The zero-order valence-electron chi connectivity index (χ0n) is 55.6. The van der Waals surface area contributed by atoms with Gasteiger partial charge in [-0.15, -0.1) is 0 Å². The molecule has 0 bridgehead atoms. The summed E-state index contributed by atoms with van der Waals surface area (Å²) in [7, 11) is 1.14. The smallest absolute Gasteiger partial charge is 0.371 e. The Morgan fingerprint density at radius 1 is 0.333 bits per heavy atom. The second-order valence-electron chi connectivity index (χ2n) is 25.2. The highest BCUT2D eigenvalue weighted by Crippen LogP contribution is 2.39. The molecule has 105 heavy (non-hydrogen) atoms. The molecule has 0 radical (unpaired) electrons. The van der Waals surface area contributed by atoms with Crippen molar-refractivity contribution in [2.45, 2.75) is 261 Å². The van der Waals surface area contributed by atoms with E-state index in [4.69, 9.17) is 75.8 Å². The van der Waals surface area contributed by atoms with E-state index in [0.29, 0.717) is 6.08 Å². The Bertz CT molecular complexity index is 3040. The van der Waals surface area contributed by atoms with Crippen molar-refractivity contribution in [3.63, 3.8) is 0 Å². The lowest BCUT2D eigenvalue weighted by molar-refractivity contribution is -0.381. The third kappa shape index (κ3) is 18.7. The number of carbonyl (C=O) groups is 8. The second-order valence-corrected chi connectivity index (χ2v) is 25.2. The van der Waals surface area contributed by atoms with Crippen LogP contribution in [0.15, 0.2) is 11.8 Å². The number of nitrogens with one attached hydrogen (secondary N) is 4. The van der Waals surface area contributed by atoms with Crippen LogP contribution in [-0.2, 0) is 114 Å². The van der Waals surface area contributed by atoms with Crippen LogP contribution in [0.5, 0.6) is 0 Å². The molecular weight excluding hydrogens is 1440 g/mol. The Morgan fingerprint density at radius 2 is 0.581 bits per heavy atom. The molecule has 7 fully saturated rings. The van der Waals surface area contributed by atoms with E-state index in [1.54, 1.807) is 0 Å². The fraction of sp³-hybridized carbons (Fsp3) is 0.825. The molecule has 7 saturated heterocycles. The number of aliphatic hydroxyl groups is 16. The fourth-order valence-electron chi connectivity index (χ4n) is 12.9. The van der Waals surface area contributed by atoms with E-state index in [1.807, 2.05) is 0 Å². The number of carboxylic acids is 4. The highest BCUT2D eigenvalue weighted by molar-refractivity contribution is 5.84. The summed E-state index contributed by atoms with van der Waals surface area (Å²) in [5.41, 5.74) is 0. The minimum atomic E-state index is -2.56. The average molecular weight is 1530 g/mol. The normalized spacial score (nSPS) is 45.2. The van der Waals surface area contributed by atoms with Gasteiger partial charge >= 0.3 is 23.9 Å². The lowest BCUT2D eigenvalue weighted by atomic mass is 9.93. The highest BCUT2D eigenvalue weighted by Gasteiger charge is 2.61. The molecule has 48 nitrogen and oxygen atoms in total. The van der Waals surface area contributed by atoms with Crippen molar-refractivity contribution in [1.29, 1.82) is 0 Å². The quantitative estimate of drug-likeness (QED) is 0.0363. The SMILES string of the molecule is CO[C@H]1O[C@H](CO)C(O[C@@H]2OC(C(=O)O)[C@@H](O[C@H]3O[C@H](CO)C(O[C@@H]4OC(C(=O)O)[C@@H](O[C@H]5O[C@H](CO)C(O[C@@H]6OC(C(=O)O)[C@@H](O[C@H]7O[C@H](CO)C(O[C@@H]8OC(C(=O)O)=C[C@H](O)C8O)[C@H](O)[C@H]7NC(C)=O)[C@H](O)[C@H]6O)[C@H](O)[C@H]5NC(C)=O)[C@H](O)[C@H]4O)[C@H](O)[C@H]3NC(C)=O)[C@H](O)[C@H]2O)[C@H](O)[C@H]1NC(C)=O. The van der Waals surface area contributed by atoms with Crippen LogP contribution < -0.4 is 21.3 Å². The predicted octanol–water partition coefficient (Wildman–Crippen LogP) is -15.7. The number of ether oxygens (including phenoxy) is 16. The van der Waals surface area contributed by atoms with Gasteiger partial charge in [0.1, 0.15) is 165 Å². The summed E-state index contributed by atoms with van der Waals surface area (Å²) in [5, 5.41) is 228. The molecule has 0 saturated carbocycles. The van der Waals surface area contributed by atoms with Crippen LogP contribution >= 0.6 is 0 Å². The summed E-state index contributed by atoms with van der Waals surface area (Å²) < 4.78 is 89.9. The van der Waals surface area contributed by atoms with Gasteiger partial charge in [0, 0.05) is 34.8 Å². The summed E-state index contributed by atoms with van der Waals surface area (Å²) in [6, 6.07) is -7.38. The van der Waals surface area contributed by atoms with Crippen LogP contribution in [0.1, 0.15) is 27.7 Å². The molecule has 8 aliphatic heterocycles. The molecule has 0 aromatic carbocycles. The van der Waals surface area contributed by atoms with E-state index in [2.05, 4.69) is 21.3 Å². The molecule has 0 aromatic heterocycles. The van der Waals surface area contributed by atoms with Crippen molar-refractivity contribution < 1.29 is 216 Å². The zero-order chi connectivity index (χ0) is 77.8. The summed E-state index contributed by atoms with van der Waals surface area (Å²) in [5.74, 6) is -12.3. The average Bonchev–Trinajstić information content (AvgIpc) is 0.771. The lowest BCUT2D eigenvalue weighted by Gasteiger charge is -2.50. The van der Waals surface area contributed by atoms with Crippen molar-refractivity contribution >= 4 is 47.5 Å². The molecule has 4 amide bonds. The predicted molar refractivity (Wildman–Crippen MR) is 316 cm³/mol. The van der Waals surface area contributed by atoms with Crippen LogP contribution in [0.4, 0.5) is 0 Å². The van der Waals surface area contributed by atoms with E-state index < -0.39 is 313 Å². The first-order chi connectivity index (χ1) is 49.4. The molecule has 8 heterocycles. The molecule has 598 valence electrons. The largest absolute Gasteiger partial charge is 0.479 e. The Labute approximate surface area is 590 Å². The van der Waals surface area contributed by atoms with Gasteiger partial charge < -0.3 is 199 Å². The first-order valence-corrected chi connectivity index (χ1v) is 32.1. The number of carboxylic acid groups (broad SMARTS) is 4. The van der Waals surface area contributed by atoms with Crippen LogP contribution in [0.25, 0.3) is 0 Å². The first kappa shape index (κ1) is 84.7. The minimum Gasteiger partial charge on any atom is -0.479 e. The molecule has 0 aliphatic carbocycles. The topological polar surface area (TPSA) is 737 Å². The van der Waals surface area contributed by atoms with Gasteiger partial charge in [0.15, 0.2) is 62.3 Å². The maximum atomic E-state index is 13.1. The van der Waals surface area contributed by atoms with E-state index in [-0.39, 0.29) is 0 Å². The second kappa shape index (κ2) is 36.1. The summed E-state index contributed by atoms with van der Waals surface area (Å²) in [6.07, 6.45) is -73.7. The number of carbonyl (C=O) groups excluding carboxylic acids is 4. The first-order valence-electron chi connectivity index (χ1n) is 32.1. The molecule has 0 aromatic rings. The molecule has 0 spiro atoms. The Morgan fingerprint density at radius 3 is 0.819 bits per heavy atom. The van der Waals surface area contributed by atoms with Crippen LogP contribution in [0.3, 0.4) is 0 Å². The van der Waals surface area contributed by atoms with Crippen LogP contribution in [0, 0.1) is 0 Å². The van der Waals surface area contributed by atoms with Crippen molar-refractivity contribution in [2.24, 2.45) is 0 Å². The van der Waals surface area contributed by atoms with Gasteiger partial charge in [0.2, 0.25) is 35.7 Å². The highest BCUT2D eigenvalue weighted by atomic mass is 16.8. The van der Waals surface area contributed by atoms with Gasteiger partial charge in [-0.05, 0) is 6.08 Å². The Kier molecular flexibility index (Phi) is 29.1. The van der Waals surface area contributed by atoms with Crippen molar-refractivity contribution in [3.05, 3.63) is 11.8 Å². The van der Waals surface area contributed by atoms with Crippen molar-refractivity contribution in [1.82, 2.24) is 21.3 Å². The van der Waals surface area contributed by atoms with E-state index in [1.165, 1.54) is 0 Å². The molecule has 38 atom stereocenters. The summed E-state index contributed by atoms with van der Waals surface area (Å²) >= 11 is 0. The monoisotopic (exact) mass is 1530 g/mol. The number of rotatable bonds is 27. The zero-order valence-corrected chi connectivity index (χ0v) is 55.6. The molecular formula is C57H86N4O44. The van der Waals surface area contributed by atoms with E-state index in [0.717, 1.165) is 34.8 Å². The molecule has 48 heteroatoms.